The minimum atomic E-state index is -0.648. The Balaban J connectivity index is 1.96. The fraction of sp³-hybridized carbons (Fsp3) is 1.00. The zero-order valence-electron chi connectivity index (χ0n) is 7.34. The normalized spacial score (nSPS) is 25.4. The first-order chi connectivity index (χ1) is 5.43. The molecule has 66 valence electrons. The second-order valence-corrected chi connectivity index (χ2v) is 7.92. The number of hydrogen-bond donors (Lipinski definition) is 0. The van der Waals surface area contributed by atoms with Gasteiger partial charge in [0.2, 0.25) is 0 Å². The zero-order chi connectivity index (χ0) is 7.94. The summed E-state index contributed by atoms with van der Waals surface area (Å²) in [6.07, 6.45) is 4.22. The second-order valence-electron chi connectivity index (χ2n) is 3.12. The fourth-order valence-electron chi connectivity index (χ4n) is 1.49. The monoisotopic (exact) mass is 238 g/mol. The molecule has 0 aliphatic carbocycles. The SMILES string of the molecule is C[Se]CCC[SiH]1CCCCO1. The topological polar surface area (TPSA) is 9.23 Å². The van der Waals surface area contributed by atoms with Crippen molar-refractivity contribution in [3.05, 3.63) is 0 Å². The van der Waals surface area contributed by atoms with Gasteiger partial charge in [0.1, 0.15) is 0 Å². The van der Waals surface area contributed by atoms with Crippen LogP contribution in [0, 0.1) is 0 Å². The molecule has 11 heavy (non-hydrogen) atoms. The van der Waals surface area contributed by atoms with Crippen LogP contribution in [0.4, 0.5) is 0 Å². The maximum absolute atomic E-state index is 5.77. The van der Waals surface area contributed by atoms with Crippen molar-refractivity contribution in [1.82, 2.24) is 0 Å². The molecule has 0 aromatic heterocycles. The van der Waals surface area contributed by atoms with E-state index in [1.54, 1.807) is 0 Å². The second kappa shape index (κ2) is 6.24. The summed E-state index contributed by atoms with van der Waals surface area (Å²) >= 11 is 0.892. The molecule has 1 unspecified atom stereocenters. The van der Waals surface area contributed by atoms with Gasteiger partial charge in [-0.3, -0.25) is 0 Å². The molecule has 1 aliphatic rings. The van der Waals surface area contributed by atoms with Crippen LogP contribution in [-0.2, 0) is 4.43 Å². The molecule has 1 rings (SSSR count). The average molecular weight is 237 g/mol. The van der Waals surface area contributed by atoms with Crippen molar-refractivity contribution in [2.45, 2.75) is 42.5 Å². The van der Waals surface area contributed by atoms with Crippen LogP contribution >= 0.6 is 0 Å². The molecule has 1 fully saturated rings. The van der Waals surface area contributed by atoms with Gasteiger partial charge in [-0.15, -0.1) is 0 Å². The van der Waals surface area contributed by atoms with Gasteiger partial charge in [-0.05, 0) is 0 Å². The first-order valence-corrected chi connectivity index (χ1v) is 9.57. The van der Waals surface area contributed by atoms with Crippen molar-refractivity contribution < 1.29 is 4.43 Å². The van der Waals surface area contributed by atoms with E-state index in [4.69, 9.17) is 4.43 Å². The Bertz CT molecular complexity index is 94.1. The van der Waals surface area contributed by atoms with Gasteiger partial charge >= 0.3 is 77.5 Å². The molecule has 1 saturated heterocycles. The number of hydrogen-bond acceptors (Lipinski definition) is 1. The van der Waals surface area contributed by atoms with Crippen LogP contribution in [-0.4, -0.2) is 30.6 Å². The Labute approximate surface area is 77.8 Å². The van der Waals surface area contributed by atoms with Gasteiger partial charge in [-0.2, -0.15) is 0 Å². The minimum absolute atomic E-state index is 0.648. The van der Waals surface area contributed by atoms with E-state index in [0.29, 0.717) is 0 Å². The van der Waals surface area contributed by atoms with Crippen LogP contribution in [0.2, 0.25) is 23.2 Å². The molecule has 0 aromatic carbocycles. The molecule has 3 heteroatoms. The van der Waals surface area contributed by atoms with E-state index in [9.17, 15) is 0 Å². The Morgan fingerprint density at radius 3 is 3.00 bits per heavy atom. The third-order valence-electron chi connectivity index (χ3n) is 2.15. The van der Waals surface area contributed by atoms with E-state index in [1.807, 2.05) is 0 Å². The first-order valence-electron chi connectivity index (χ1n) is 4.54. The van der Waals surface area contributed by atoms with Gasteiger partial charge in [0.15, 0.2) is 0 Å². The van der Waals surface area contributed by atoms with Crippen molar-refractivity contribution in [3.63, 3.8) is 0 Å². The van der Waals surface area contributed by atoms with Crippen LogP contribution in [0.15, 0.2) is 0 Å². The van der Waals surface area contributed by atoms with E-state index in [2.05, 4.69) is 5.82 Å². The van der Waals surface area contributed by atoms with Gasteiger partial charge in [0.25, 0.3) is 0 Å². The maximum atomic E-state index is 5.77. The Morgan fingerprint density at radius 2 is 2.36 bits per heavy atom. The van der Waals surface area contributed by atoms with Gasteiger partial charge in [-0.1, -0.05) is 0 Å². The van der Waals surface area contributed by atoms with E-state index in [1.165, 1.54) is 36.7 Å². The molecule has 0 aromatic rings. The summed E-state index contributed by atoms with van der Waals surface area (Å²) in [4.78, 5) is 0. The summed E-state index contributed by atoms with van der Waals surface area (Å²) in [5.41, 5.74) is 0. The van der Waals surface area contributed by atoms with E-state index in [0.717, 1.165) is 21.6 Å². The van der Waals surface area contributed by atoms with Crippen LogP contribution in [0.5, 0.6) is 0 Å². The average Bonchev–Trinajstić information content (AvgIpc) is 2.07. The van der Waals surface area contributed by atoms with E-state index >= 15 is 0 Å². The van der Waals surface area contributed by atoms with Crippen LogP contribution in [0.3, 0.4) is 0 Å². The molecule has 0 N–H and O–H groups in total. The number of rotatable bonds is 4. The predicted octanol–water partition coefficient (Wildman–Crippen LogP) is 2.08. The van der Waals surface area contributed by atoms with E-state index < -0.39 is 9.04 Å². The fourth-order valence-corrected chi connectivity index (χ4v) is 5.63. The van der Waals surface area contributed by atoms with Crippen molar-refractivity contribution in [1.29, 1.82) is 0 Å². The standard InChI is InChI=1S/C8H18OSeSi/c1-10-6-4-8-11-7-3-2-5-9-11/h11H,2-8H2,1H3. The van der Waals surface area contributed by atoms with Gasteiger partial charge in [-0.25, -0.2) is 0 Å². The van der Waals surface area contributed by atoms with E-state index in [-0.39, 0.29) is 0 Å². The molecule has 0 saturated carbocycles. The van der Waals surface area contributed by atoms with Crippen LogP contribution < -0.4 is 0 Å². The van der Waals surface area contributed by atoms with Crippen molar-refractivity contribution in [2.24, 2.45) is 0 Å². The molecule has 0 spiro atoms. The molecule has 0 amide bonds. The summed E-state index contributed by atoms with van der Waals surface area (Å²) in [6.45, 7) is 1.08. The Hall–Kier alpha value is 0.696. The summed E-state index contributed by atoms with van der Waals surface area (Å²) in [5, 5.41) is 1.47. The molecule has 0 radical (unpaired) electrons. The van der Waals surface area contributed by atoms with Crippen LogP contribution in [0.25, 0.3) is 0 Å². The molecular weight excluding hydrogens is 219 g/mol. The predicted molar refractivity (Wildman–Crippen MR) is 53.0 cm³/mol. The van der Waals surface area contributed by atoms with Gasteiger partial charge in [0, 0.05) is 0 Å². The molecule has 1 atom stereocenters. The molecule has 0 bridgehead atoms. The zero-order valence-corrected chi connectivity index (χ0v) is 10.2. The summed E-state index contributed by atoms with van der Waals surface area (Å²) in [6, 6.07) is 2.91. The first kappa shape index (κ1) is 9.78. The third-order valence-corrected chi connectivity index (χ3v) is 6.42. The molecule has 1 heterocycles. The Kier molecular flexibility index (Phi) is 5.55. The molecule has 1 aliphatic heterocycles. The van der Waals surface area contributed by atoms with Crippen LogP contribution in [0.1, 0.15) is 19.3 Å². The molecule has 1 nitrogen and oxygen atoms in total. The Morgan fingerprint density at radius 1 is 1.45 bits per heavy atom. The van der Waals surface area contributed by atoms with Gasteiger partial charge in [0.05, 0.1) is 0 Å². The van der Waals surface area contributed by atoms with Gasteiger partial charge < -0.3 is 0 Å². The quantitative estimate of drug-likeness (QED) is 0.537. The summed E-state index contributed by atoms with van der Waals surface area (Å²) < 4.78 is 5.77. The summed E-state index contributed by atoms with van der Waals surface area (Å²) in [5.74, 6) is 2.33. The summed E-state index contributed by atoms with van der Waals surface area (Å²) in [7, 11) is -0.648. The van der Waals surface area contributed by atoms with Crippen molar-refractivity contribution >= 4 is 24.0 Å². The van der Waals surface area contributed by atoms with Crippen molar-refractivity contribution in [2.75, 3.05) is 6.61 Å². The third kappa shape index (κ3) is 4.31. The van der Waals surface area contributed by atoms with Crippen molar-refractivity contribution in [3.8, 4) is 0 Å². The molecular formula is C8H18OSeSi.